The van der Waals surface area contributed by atoms with Crippen LogP contribution in [-0.4, -0.2) is 23.8 Å². The molecule has 3 rings (SSSR count). The Balaban J connectivity index is 2.03. The molecular formula is C15H14F2IN3Si. The normalized spacial score (nSPS) is 14.2. The van der Waals surface area contributed by atoms with Gasteiger partial charge in [0.2, 0.25) is 0 Å². The van der Waals surface area contributed by atoms with Crippen molar-refractivity contribution in [3.05, 3.63) is 60.2 Å². The first kappa shape index (κ1) is 15.4. The molecule has 3 nitrogen and oxygen atoms in total. The van der Waals surface area contributed by atoms with E-state index in [2.05, 4.69) is 14.8 Å². The lowest BCUT2D eigenvalue weighted by Crippen LogP contribution is -2.61. The Morgan fingerprint density at radius 3 is 1.86 bits per heavy atom. The average Bonchev–Trinajstić information content (AvgIpc) is 3.01. The minimum atomic E-state index is -2.17. The minimum absolute atomic E-state index is 0.249. The van der Waals surface area contributed by atoms with Crippen LogP contribution in [0.2, 0.25) is 6.55 Å². The van der Waals surface area contributed by atoms with Crippen molar-refractivity contribution in [2.75, 3.05) is 6.17 Å². The molecule has 0 spiro atoms. The topological polar surface area (TPSA) is 28.0 Å². The van der Waals surface area contributed by atoms with Crippen molar-refractivity contribution >= 4 is 46.1 Å². The Morgan fingerprint density at radius 2 is 1.45 bits per heavy atom. The molecule has 114 valence electrons. The molecule has 7 heteroatoms. The first-order valence-electron chi connectivity index (χ1n) is 6.74. The summed E-state index contributed by atoms with van der Waals surface area (Å²) < 4.78 is 32.7. The van der Waals surface area contributed by atoms with Gasteiger partial charge in [0.1, 0.15) is 47.4 Å². The van der Waals surface area contributed by atoms with Crippen LogP contribution in [0.15, 0.2) is 56.8 Å². The van der Waals surface area contributed by atoms with Crippen LogP contribution in [0.3, 0.4) is 0 Å². The van der Waals surface area contributed by atoms with Crippen LogP contribution in [0.25, 0.3) is 0 Å². The molecule has 0 aromatic heterocycles. The maximum Gasteiger partial charge on any atom is 0.144 e. The third kappa shape index (κ3) is 3.14. The van der Waals surface area contributed by atoms with Gasteiger partial charge >= 0.3 is 0 Å². The van der Waals surface area contributed by atoms with Gasteiger partial charge in [-0.3, -0.25) is 0 Å². The van der Waals surface area contributed by atoms with Crippen LogP contribution in [0.4, 0.5) is 8.78 Å². The third-order valence-electron chi connectivity index (χ3n) is 3.76. The van der Waals surface area contributed by atoms with Gasteiger partial charge in [-0.2, -0.15) is 8.25 Å². The molecule has 0 fully saturated rings. The highest BCUT2D eigenvalue weighted by Crippen LogP contribution is 2.19. The molecule has 0 saturated heterocycles. The Hall–Kier alpha value is -1.48. The quantitative estimate of drug-likeness (QED) is 0.417. The van der Waals surface area contributed by atoms with Crippen molar-refractivity contribution in [2.24, 2.45) is 8.25 Å². The Kier molecular flexibility index (Phi) is 4.43. The highest BCUT2D eigenvalue weighted by atomic mass is 127. The van der Waals surface area contributed by atoms with Crippen molar-refractivity contribution < 1.29 is 8.78 Å². The Morgan fingerprint density at radius 1 is 0.955 bits per heavy atom. The second-order valence-electron chi connectivity index (χ2n) is 5.24. The highest BCUT2D eigenvalue weighted by Gasteiger charge is 2.34. The van der Waals surface area contributed by atoms with Crippen LogP contribution >= 0.6 is 21.3 Å². The summed E-state index contributed by atoms with van der Waals surface area (Å²) in [7, 11) is -2.17. The molecule has 2 aromatic rings. The van der Waals surface area contributed by atoms with Gasteiger partial charge in [0.05, 0.1) is 0 Å². The first-order chi connectivity index (χ1) is 10.6. The smallest absolute Gasteiger partial charge is 0.144 e. The molecule has 0 saturated carbocycles. The lowest BCUT2D eigenvalue weighted by Gasteiger charge is -2.30. The average molecular weight is 429 g/mol. The summed E-state index contributed by atoms with van der Waals surface area (Å²) in [6, 6.07) is 13.3. The van der Waals surface area contributed by atoms with E-state index in [-0.39, 0.29) is 11.6 Å². The second-order valence-corrected chi connectivity index (χ2v) is 11.5. The summed E-state index contributed by atoms with van der Waals surface area (Å²) in [5, 5.41) is 6.49. The lowest BCUT2D eigenvalue weighted by molar-refractivity contribution is 0.627. The van der Waals surface area contributed by atoms with E-state index in [9.17, 15) is 8.78 Å². The van der Waals surface area contributed by atoms with Gasteiger partial charge in [-0.15, -0.1) is 0 Å². The van der Waals surface area contributed by atoms with Crippen molar-refractivity contribution in [1.29, 1.82) is 0 Å². The van der Waals surface area contributed by atoms with Gasteiger partial charge in [0.25, 0.3) is 0 Å². The van der Waals surface area contributed by atoms with Crippen LogP contribution in [0, 0.1) is 11.6 Å². The molecule has 0 atom stereocenters. The lowest BCUT2D eigenvalue weighted by atomic mass is 10.3. The molecule has 2 aromatic carbocycles. The molecule has 1 aliphatic rings. The minimum Gasteiger partial charge on any atom is -0.228 e. The maximum atomic E-state index is 13.3. The highest BCUT2D eigenvalue weighted by molar-refractivity contribution is 14.1. The number of hydrazone groups is 1. The van der Waals surface area contributed by atoms with Gasteiger partial charge in [-0.25, -0.2) is 12.0 Å². The van der Waals surface area contributed by atoms with E-state index in [1.165, 1.54) is 24.3 Å². The summed E-state index contributed by atoms with van der Waals surface area (Å²) in [6.07, 6.45) is 2.36. The van der Waals surface area contributed by atoms with E-state index >= 15 is 0 Å². The largest absolute Gasteiger partial charge is 0.228 e. The predicted molar refractivity (Wildman–Crippen MR) is 95.3 cm³/mol. The molecule has 1 heterocycles. The van der Waals surface area contributed by atoms with Gasteiger partial charge in [-0.1, -0.05) is 41.2 Å². The van der Waals surface area contributed by atoms with Crippen LogP contribution in [0.1, 0.15) is 0 Å². The fourth-order valence-electron chi connectivity index (χ4n) is 2.48. The molecule has 1 aliphatic heterocycles. The number of hydrogen-bond acceptors (Lipinski definition) is 3. The monoisotopic (exact) mass is 429 g/mol. The molecule has 0 aliphatic carbocycles. The molecule has 0 N–H and O–H groups in total. The number of nitrogens with zero attached hydrogens (tertiary/aromatic N) is 3. The van der Waals surface area contributed by atoms with Gasteiger partial charge in [0.15, 0.2) is 0 Å². The van der Waals surface area contributed by atoms with Crippen molar-refractivity contribution in [2.45, 2.75) is 6.55 Å². The standard InChI is InChI=1S/C15H14F2IN3Si/c1-22(11-21-18-19-10-20-21,14-6-2-12(16)3-7-14)15-8-4-13(17)5-9-15/h2-10H,11H2,1H3. The van der Waals surface area contributed by atoms with Gasteiger partial charge < -0.3 is 0 Å². The Bertz CT molecular complexity index is 659. The molecule has 0 bridgehead atoms. The number of rotatable bonds is 4. The zero-order valence-corrected chi connectivity index (χ0v) is 15.0. The number of hydrogen-bond donors (Lipinski definition) is 0. The van der Waals surface area contributed by atoms with Gasteiger partial charge in [-0.05, 0) is 24.3 Å². The maximum absolute atomic E-state index is 13.3. The van der Waals surface area contributed by atoms with E-state index in [1.54, 1.807) is 6.34 Å². The number of halogens is 3. The molecule has 0 unspecified atom stereocenters. The predicted octanol–water partition coefficient (Wildman–Crippen LogP) is 3.03. The van der Waals surface area contributed by atoms with Crippen LogP contribution < -0.4 is 10.4 Å². The first-order valence-corrected chi connectivity index (χ1v) is 11.4. The molecule has 22 heavy (non-hydrogen) atoms. The fourth-order valence-corrected chi connectivity index (χ4v) is 8.88. The summed E-state index contributed by atoms with van der Waals surface area (Å²) in [5.41, 5.74) is 0. The summed E-state index contributed by atoms with van der Waals surface area (Å²) >= 11 is -0.464. The van der Waals surface area contributed by atoms with Gasteiger partial charge in [0, 0.05) is 6.17 Å². The third-order valence-corrected chi connectivity index (χ3v) is 10.1. The fraction of sp³-hybridized carbons (Fsp3) is 0.133. The Labute approximate surface area is 139 Å². The zero-order valence-electron chi connectivity index (χ0n) is 11.9. The van der Waals surface area contributed by atoms with E-state index in [0.29, 0.717) is 0 Å². The van der Waals surface area contributed by atoms with E-state index in [0.717, 1.165) is 16.5 Å². The summed E-state index contributed by atoms with van der Waals surface area (Å²) in [4.78, 5) is 0. The molecule has 0 radical (unpaired) electrons. The molecule has 0 amide bonds. The van der Waals surface area contributed by atoms with E-state index < -0.39 is 29.4 Å². The second kappa shape index (κ2) is 6.33. The van der Waals surface area contributed by atoms with Crippen molar-refractivity contribution in [3.63, 3.8) is 0 Å². The van der Waals surface area contributed by atoms with Crippen LogP contribution in [-0.2, 0) is 0 Å². The van der Waals surface area contributed by atoms with Crippen molar-refractivity contribution in [1.82, 2.24) is 3.22 Å². The van der Waals surface area contributed by atoms with E-state index in [1.807, 2.05) is 27.5 Å². The SMILES string of the molecule is C[Si](CN1N=CN=I1)(c1ccc(F)cc1)c1ccc(F)cc1. The van der Waals surface area contributed by atoms with E-state index in [4.69, 9.17) is 0 Å². The number of benzene rings is 2. The summed E-state index contributed by atoms with van der Waals surface area (Å²) in [5.74, 6) is -0.498. The van der Waals surface area contributed by atoms with Crippen molar-refractivity contribution in [3.8, 4) is 0 Å². The molecular weight excluding hydrogens is 415 g/mol. The van der Waals surface area contributed by atoms with Crippen LogP contribution in [0.5, 0.6) is 0 Å². The zero-order chi connectivity index (χ0) is 15.6. The summed E-state index contributed by atoms with van der Waals surface area (Å²) in [6.45, 7) is 2.20.